The lowest BCUT2D eigenvalue weighted by Crippen LogP contribution is -2.39. The summed E-state index contributed by atoms with van der Waals surface area (Å²) in [6, 6.07) is 3.26. The molecule has 0 bridgehead atoms. The molecule has 5 rings (SSSR count). The van der Waals surface area contributed by atoms with E-state index in [0.717, 1.165) is 17.7 Å². The number of amides is 1. The number of nitrogens with zero attached hydrogens (tertiary/aromatic N) is 6. The topological polar surface area (TPSA) is 68.3 Å². The van der Waals surface area contributed by atoms with Gasteiger partial charge in [-0.1, -0.05) is 0 Å². The zero-order chi connectivity index (χ0) is 21.9. The van der Waals surface area contributed by atoms with E-state index in [1.165, 1.54) is 15.4 Å². The number of aromatic nitrogens is 5. The second-order valence-electron chi connectivity index (χ2n) is 7.46. The molecule has 0 N–H and O–H groups in total. The molecule has 10 heteroatoms. The number of aryl methyl sites for hydroxylation is 1. The molecule has 0 radical (unpaired) electrons. The summed E-state index contributed by atoms with van der Waals surface area (Å²) in [6.07, 6.45) is 5.23. The zero-order valence-electron chi connectivity index (χ0n) is 16.7. The third-order valence-corrected chi connectivity index (χ3v) is 5.67. The largest absolute Gasteiger partial charge is 0.330 e. The highest BCUT2D eigenvalue weighted by atomic mass is 19.2. The second-order valence-corrected chi connectivity index (χ2v) is 7.46. The van der Waals surface area contributed by atoms with E-state index >= 15 is 0 Å². The van der Waals surface area contributed by atoms with Gasteiger partial charge in [-0.3, -0.25) is 9.48 Å². The number of carbonyl (C=O) groups is 1. The van der Waals surface area contributed by atoms with Gasteiger partial charge in [-0.25, -0.2) is 22.7 Å². The number of fused-ring (bicyclic) bond motifs is 2. The van der Waals surface area contributed by atoms with E-state index in [-0.39, 0.29) is 17.5 Å². The molecule has 31 heavy (non-hydrogen) atoms. The molecule has 1 aliphatic heterocycles. The summed E-state index contributed by atoms with van der Waals surface area (Å²) in [5.41, 5.74) is 2.96. The van der Waals surface area contributed by atoms with Crippen LogP contribution >= 0.6 is 0 Å². The third kappa shape index (κ3) is 2.89. The Hall–Kier alpha value is -3.69. The van der Waals surface area contributed by atoms with Crippen molar-refractivity contribution >= 4 is 11.6 Å². The number of benzene rings is 1. The van der Waals surface area contributed by atoms with Crippen molar-refractivity contribution in [2.24, 2.45) is 7.05 Å². The fourth-order valence-corrected chi connectivity index (χ4v) is 4.21. The first-order valence-electron chi connectivity index (χ1n) is 9.66. The van der Waals surface area contributed by atoms with Gasteiger partial charge < -0.3 is 4.90 Å². The summed E-state index contributed by atoms with van der Waals surface area (Å²) in [5, 5.41) is 8.68. The number of rotatable bonds is 2. The van der Waals surface area contributed by atoms with Crippen LogP contribution in [0.1, 0.15) is 34.6 Å². The van der Waals surface area contributed by atoms with Crippen molar-refractivity contribution in [3.8, 4) is 11.3 Å². The van der Waals surface area contributed by atoms with Gasteiger partial charge in [0.05, 0.1) is 23.6 Å². The summed E-state index contributed by atoms with van der Waals surface area (Å²) in [6.45, 7) is 2.22. The molecule has 7 nitrogen and oxygen atoms in total. The van der Waals surface area contributed by atoms with E-state index in [2.05, 4.69) is 15.2 Å². The van der Waals surface area contributed by atoms with Gasteiger partial charge in [-0.2, -0.15) is 10.2 Å². The monoisotopic (exact) mass is 426 g/mol. The molecule has 0 saturated heterocycles. The number of carbonyl (C=O) groups excluding carboxylic acids is 1. The summed E-state index contributed by atoms with van der Waals surface area (Å²) in [5.74, 6) is -4.25. The maximum atomic E-state index is 13.8. The van der Waals surface area contributed by atoms with E-state index in [4.69, 9.17) is 0 Å². The Bertz CT molecular complexity index is 1320. The van der Waals surface area contributed by atoms with E-state index in [0.29, 0.717) is 35.6 Å². The maximum absolute atomic E-state index is 13.8. The van der Waals surface area contributed by atoms with Crippen molar-refractivity contribution in [3.63, 3.8) is 0 Å². The van der Waals surface area contributed by atoms with Crippen molar-refractivity contribution < 1.29 is 18.0 Å². The molecule has 0 saturated carbocycles. The van der Waals surface area contributed by atoms with Crippen LogP contribution in [0, 0.1) is 17.5 Å². The highest BCUT2D eigenvalue weighted by molar-refractivity contribution is 6.00. The van der Waals surface area contributed by atoms with Crippen LogP contribution in [-0.4, -0.2) is 41.7 Å². The van der Waals surface area contributed by atoms with Crippen LogP contribution in [0.25, 0.3) is 16.9 Å². The molecule has 1 atom stereocenters. The molecule has 1 amide bonds. The molecular weight excluding hydrogens is 409 g/mol. The van der Waals surface area contributed by atoms with Crippen LogP contribution < -0.4 is 0 Å². The van der Waals surface area contributed by atoms with Crippen molar-refractivity contribution in [2.75, 3.05) is 6.54 Å². The van der Waals surface area contributed by atoms with Gasteiger partial charge in [0.1, 0.15) is 5.56 Å². The average molecular weight is 426 g/mol. The van der Waals surface area contributed by atoms with Crippen LogP contribution in [0.15, 0.2) is 36.8 Å². The van der Waals surface area contributed by atoms with Gasteiger partial charge >= 0.3 is 0 Å². The van der Waals surface area contributed by atoms with Gasteiger partial charge in [0.15, 0.2) is 23.1 Å². The Kier molecular flexibility index (Phi) is 4.31. The summed E-state index contributed by atoms with van der Waals surface area (Å²) < 4.78 is 44.1. The molecule has 0 spiro atoms. The van der Waals surface area contributed by atoms with Gasteiger partial charge in [-0.15, -0.1) is 0 Å². The first kappa shape index (κ1) is 19.3. The third-order valence-electron chi connectivity index (χ3n) is 5.67. The minimum atomic E-state index is -1.51. The number of halogens is 3. The van der Waals surface area contributed by atoms with Gasteiger partial charge in [0.2, 0.25) is 0 Å². The molecule has 0 fully saturated rings. The molecule has 158 valence electrons. The molecule has 4 heterocycles. The predicted molar refractivity (Wildman–Crippen MR) is 105 cm³/mol. The second kappa shape index (κ2) is 6.93. The fraction of sp³-hybridized carbons (Fsp3) is 0.238. The molecule has 3 aromatic heterocycles. The standard InChI is InChI=1S/C21H17F3N6O/c1-11-18-13(19(28(2)27-18)12-8-15(22)17(24)16(23)9-12)4-7-29(11)21(31)14-10-26-30-6-3-5-25-20(14)30/h3,5-6,8-11H,4,7H2,1-2H3/t11-/m0/s1. The lowest BCUT2D eigenvalue weighted by atomic mass is 9.95. The highest BCUT2D eigenvalue weighted by Gasteiger charge is 2.34. The molecular formula is C21H17F3N6O. The minimum Gasteiger partial charge on any atom is -0.330 e. The summed E-state index contributed by atoms with van der Waals surface area (Å²) in [4.78, 5) is 19.2. The lowest BCUT2D eigenvalue weighted by Gasteiger charge is -2.32. The van der Waals surface area contributed by atoms with E-state index in [1.807, 2.05) is 6.92 Å². The normalized spacial score (nSPS) is 16.0. The fourth-order valence-electron chi connectivity index (χ4n) is 4.21. The van der Waals surface area contributed by atoms with Crippen LogP contribution in [0.3, 0.4) is 0 Å². The molecule has 0 aliphatic carbocycles. The van der Waals surface area contributed by atoms with Gasteiger partial charge in [0.25, 0.3) is 5.91 Å². The van der Waals surface area contributed by atoms with Crippen molar-refractivity contribution in [2.45, 2.75) is 19.4 Å². The van der Waals surface area contributed by atoms with Crippen molar-refractivity contribution in [1.82, 2.24) is 29.3 Å². The zero-order valence-corrected chi connectivity index (χ0v) is 16.7. The molecule has 4 aromatic rings. The Morgan fingerprint density at radius 1 is 1.19 bits per heavy atom. The van der Waals surface area contributed by atoms with Crippen LogP contribution in [0.2, 0.25) is 0 Å². The first-order chi connectivity index (χ1) is 14.9. The van der Waals surface area contributed by atoms with E-state index in [1.54, 1.807) is 30.4 Å². The minimum absolute atomic E-state index is 0.200. The smallest absolute Gasteiger partial charge is 0.259 e. The summed E-state index contributed by atoms with van der Waals surface area (Å²) in [7, 11) is 1.65. The Morgan fingerprint density at radius 2 is 1.94 bits per heavy atom. The number of hydrogen-bond acceptors (Lipinski definition) is 4. The summed E-state index contributed by atoms with van der Waals surface area (Å²) >= 11 is 0. The first-order valence-corrected chi connectivity index (χ1v) is 9.66. The van der Waals surface area contributed by atoms with Crippen molar-refractivity contribution in [3.05, 3.63) is 71.1 Å². The number of hydrogen-bond donors (Lipinski definition) is 0. The molecule has 0 unspecified atom stereocenters. The Balaban J connectivity index is 1.53. The molecule has 1 aliphatic rings. The lowest BCUT2D eigenvalue weighted by molar-refractivity contribution is 0.0675. The van der Waals surface area contributed by atoms with E-state index in [9.17, 15) is 18.0 Å². The molecule has 1 aromatic carbocycles. The predicted octanol–water partition coefficient (Wildman–Crippen LogP) is 3.31. The van der Waals surface area contributed by atoms with Gasteiger partial charge in [-0.05, 0) is 31.5 Å². The average Bonchev–Trinajstić information content (AvgIpc) is 3.32. The highest BCUT2D eigenvalue weighted by Crippen LogP contribution is 2.37. The Labute approximate surface area is 174 Å². The maximum Gasteiger partial charge on any atom is 0.259 e. The van der Waals surface area contributed by atoms with Crippen LogP contribution in [0.4, 0.5) is 13.2 Å². The quantitative estimate of drug-likeness (QED) is 0.462. The SMILES string of the molecule is C[C@H]1c2nn(C)c(-c3cc(F)c(F)c(F)c3)c2CCN1C(=O)c1cnn2cccnc12. The van der Waals surface area contributed by atoms with Gasteiger partial charge in [0, 0.05) is 37.1 Å². The Morgan fingerprint density at radius 3 is 2.68 bits per heavy atom. The van der Waals surface area contributed by atoms with E-state index < -0.39 is 17.5 Å². The van der Waals surface area contributed by atoms with Crippen LogP contribution in [0.5, 0.6) is 0 Å². The van der Waals surface area contributed by atoms with Crippen LogP contribution in [-0.2, 0) is 13.5 Å². The van der Waals surface area contributed by atoms with Crippen molar-refractivity contribution in [1.29, 1.82) is 0 Å².